The van der Waals surface area contributed by atoms with Crippen LogP contribution in [0.15, 0.2) is 46.7 Å². The molecule has 2 heterocycles. The van der Waals surface area contributed by atoms with Crippen molar-refractivity contribution in [3.63, 3.8) is 0 Å². The molecule has 1 unspecified atom stereocenters. The molecule has 1 aromatic heterocycles. The van der Waals surface area contributed by atoms with Crippen molar-refractivity contribution >= 4 is 50.7 Å². The Morgan fingerprint density at radius 1 is 1.32 bits per heavy atom. The first-order chi connectivity index (χ1) is 16.4. The molecule has 8 nitrogen and oxygen atoms in total. The van der Waals surface area contributed by atoms with Gasteiger partial charge in [0, 0.05) is 31.2 Å². The van der Waals surface area contributed by atoms with Crippen LogP contribution in [-0.2, 0) is 26.0 Å². The molecule has 184 valence electrons. The van der Waals surface area contributed by atoms with Gasteiger partial charge in [0.1, 0.15) is 17.3 Å². The van der Waals surface area contributed by atoms with Crippen LogP contribution in [0.1, 0.15) is 29.7 Å². The average molecular weight is 524 g/mol. The molecule has 3 N–H and O–H groups in total. The number of carbonyl (C=O) groups excluding carboxylic acids is 1. The van der Waals surface area contributed by atoms with E-state index in [1.165, 1.54) is 13.1 Å². The van der Waals surface area contributed by atoms with Gasteiger partial charge in [0.15, 0.2) is 5.11 Å². The molecule has 3 rings (SSSR count). The van der Waals surface area contributed by atoms with Crippen LogP contribution < -0.4 is 20.1 Å². The first-order valence-electron chi connectivity index (χ1n) is 11.0. The summed E-state index contributed by atoms with van der Waals surface area (Å²) < 4.78 is 39.8. The molecule has 1 aromatic carbocycles. The minimum Gasteiger partial charge on any atom is -0.489 e. The molecule has 0 bridgehead atoms. The fourth-order valence-electron chi connectivity index (χ4n) is 3.32. The first kappa shape index (κ1) is 26.1. The van der Waals surface area contributed by atoms with E-state index in [0.29, 0.717) is 19.6 Å². The minimum absolute atomic E-state index is 0.0117. The number of thiophene rings is 1. The highest BCUT2D eigenvalue weighted by Crippen LogP contribution is 2.26. The van der Waals surface area contributed by atoms with Crippen molar-refractivity contribution in [2.24, 2.45) is 0 Å². The maximum Gasteiger partial charge on any atom is 0.267 e. The molecule has 1 amide bonds. The maximum absolute atomic E-state index is 13.0. The van der Waals surface area contributed by atoms with E-state index < -0.39 is 10.0 Å². The zero-order valence-electron chi connectivity index (χ0n) is 18.9. The van der Waals surface area contributed by atoms with Crippen LogP contribution in [0, 0.1) is 0 Å². The van der Waals surface area contributed by atoms with Crippen LogP contribution >= 0.6 is 23.6 Å². The second-order valence-corrected chi connectivity index (χ2v) is 10.7. The van der Waals surface area contributed by atoms with E-state index in [9.17, 15) is 13.2 Å². The van der Waals surface area contributed by atoms with E-state index in [1.807, 2.05) is 17.5 Å². The van der Waals surface area contributed by atoms with Gasteiger partial charge in [-0.2, -0.15) is 0 Å². The highest BCUT2D eigenvalue weighted by atomic mass is 32.2. The molecule has 11 heteroatoms. The maximum atomic E-state index is 13.0. The van der Waals surface area contributed by atoms with E-state index in [4.69, 9.17) is 21.7 Å². The Labute approximate surface area is 209 Å². The van der Waals surface area contributed by atoms with Gasteiger partial charge in [-0.1, -0.05) is 12.1 Å². The Morgan fingerprint density at radius 2 is 2.18 bits per heavy atom. The highest BCUT2D eigenvalue weighted by molar-refractivity contribution is 7.92. The van der Waals surface area contributed by atoms with Crippen LogP contribution in [0.3, 0.4) is 0 Å². The SMILES string of the molecule is CNC(=S)NS(=O)(=O)c1cc(CCNC(=O)C=Cc2cccs2)ccc1OCC1CCCCO1. The number of amides is 1. The monoisotopic (exact) mass is 523 g/mol. The van der Waals surface area contributed by atoms with Crippen LogP contribution in [0.2, 0.25) is 0 Å². The number of rotatable bonds is 10. The molecule has 0 saturated carbocycles. The number of thiocarbonyl (C=S) groups is 1. The lowest BCUT2D eigenvalue weighted by Gasteiger charge is -2.23. The molecule has 0 spiro atoms. The molecular formula is C23H29N3O5S3. The molecule has 2 aromatic rings. The number of hydrogen-bond donors (Lipinski definition) is 3. The van der Waals surface area contributed by atoms with E-state index in [0.717, 1.165) is 29.7 Å². The smallest absolute Gasteiger partial charge is 0.267 e. The molecule has 1 fully saturated rings. The zero-order valence-corrected chi connectivity index (χ0v) is 21.4. The van der Waals surface area contributed by atoms with Crippen molar-refractivity contribution in [1.29, 1.82) is 0 Å². The fourth-order valence-corrected chi connectivity index (χ4v) is 5.42. The van der Waals surface area contributed by atoms with Crippen molar-refractivity contribution in [3.8, 4) is 5.75 Å². The molecule has 0 radical (unpaired) electrons. The lowest BCUT2D eigenvalue weighted by molar-refractivity contribution is -0.116. The van der Waals surface area contributed by atoms with Gasteiger partial charge in [0.25, 0.3) is 10.0 Å². The number of nitrogens with one attached hydrogen (secondary N) is 3. The van der Waals surface area contributed by atoms with Crippen molar-refractivity contribution in [1.82, 2.24) is 15.4 Å². The second kappa shape index (κ2) is 12.8. The second-order valence-electron chi connectivity index (χ2n) is 7.66. The number of hydrogen-bond acceptors (Lipinski definition) is 7. The minimum atomic E-state index is -3.97. The molecule has 1 aliphatic heterocycles. The number of sulfonamides is 1. The van der Waals surface area contributed by atoms with Crippen LogP contribution in [0.4, 0.5) is 0 Å². The Bertz CT molecular complexity index is 1100. The van der Waals surface area contributed by atoms with Gasteiger partial charge < -0.3 is 20.1 Å². The average Bonchev–Trinajstić information content (AvgIpc) is 3.36. The summed E-state index contributed by atoms with van der Waals surface area (Å²) in [6.45, 7) is 1.31. The Kier molecular flexibility index (Phi) is 9.87. The van der Waals surface area contributed by atoms with Crippen LogP contribution in [0.5, 0.6) is 5.75 Å². The van der Waals surface area contributed by atoms with Crippen molar-refractivity contribution in [2.75, 3.05) is 26.8 Å². The number of benzene rings is 1. The lowest BCUT2D eigenvalue weighted by atomic mass is 10.1. The summed E-state index contributed by atoms with van der Waals surface area (Å²) >= 11 is 6.53. The van der Waals surface area contributed by atoms with Crippen molar-refractivity contribution < 1.29 is 22.7 Å². The summed E-state index contributed by atoms with van der Waals surface area (Å²) in [6.07, 6.45) is 6.58. The van der Waals surface area contributed by atoms with E-state index >= 15 is 0 Å². The summed E-state index contributed by atoms with van der Waals surface area (Å²) in [4.78, 5) is 13.0. The molecule has 34 heavy (non-hydrogen) atoms. The predicted molar refractivity (Wildman–Crippen MR) is 138 cm³/mol. The highest BCUT2D eigenvalue weighted by Gasteiger charge is 2.23. The summed E-state index contributed by atoms with van der Waals surface area (Å²) in [6, 6.07) is 8.81. The topological polar surface area (TPSA) is 106 Å². The third-order valence-electron chi connectivity index (χ3n) is 5.11. The van der Waals surface area contributed by atoms with Crippen molar-refractivity contribution in [2.45, 2.75) is 36.7 Å². The Balaban J connectivity index is 1.67. The number of ether oxygens (including phenoxy) is 2. The molecule has 1 saturated heterocycles. The van der Waals surface area contributed by atoms with Crippen LogP contribution in [-0.4, -0.2) is 52.3 Å². The lowest BCUT2D eigenvalue weighted by Crippen LogP contribution is -2.37. The van der Waals surface area contributed by atoms with Gasteiger partial charge in [-0.05, 0) is 73.1 Å². The third-order valence-corrected chi connectivity index (χ3v) is 7.75. The summed E-state index contributed by atoms with van der Waals surface area (Å²) in [5.74, 6) is 0.0157. The first-order valence-corrected chi connectivity index (χ1v) is 13.8. The van der Waals surface area contributed by atoms with Gasteiger partial charge in [-0.3, -0.25) is 9.52 Å². The Morgan fingerprint density at radius 3 is 2.88 bits per heavy atom. The molecule has 1 aliphatic rings. The normalized spacial score (nSPS) is 16.2. The summed E-state index contributed by atoms with van der Waals surface area (Å²) in [5, 5.41) is 7.34. The zero-order chi connectivity index (χ0) is 24.4. The van der Waals surface area contributed by atoms with E-state index in [1.54, 1.807) is 35.6 Å². The van der Waals surface area contributed by atoms with Gasteiger partial charge in [0.2, 0.25) is 5.91 Å². The summed E-state index contributed by atoms with van der Waals surface area (Å²) in [7, 11) is -2.43. The van der Waals surface area contributed by atoms with E-state index in [2.05, 4.69) is 15.4 Å². The largest absolute Gasteiger partial charge is 0.489 e. The van der Waals surface area contributed by atoms with Crippen LogP contribution in [0.25, 0.3) is 6.08 Å². The van der Waals surface area contributed by atoms with Gasteiger partial charge in [-0.25, -0.2) is 8.42 Å². The fraction of sp³-hybridized carbons (Fsp3) is 0.391. The Hall–Kier alpha value is -2.47. The van der Waals surface area contributed by atoms with Crippen molar-refractivity contribution in [3.05, 3.63) is 52.2 Å². The third kappa shape index (κ3) is 8.08. The van der Waals surface area contributed by atoms with Gasteiger partial charge in [-0.15, -0.1) is 11.3 Å². The van der Waals surface area contributed by atoms with E-state index in [-0.39, 0.29) is 34.4 Å². The van der Waals surface area contributed by atoms with Gasteiger partial charge >= 0.3 is 0 Å². The molecule has 1 atom stereocenters. The quantitative estimate of drug-likeness (QED) is 0.325. The molecular weight excluding hydrogens is 494 g/mol. The van der Waals surface area contributed by atoms with Gasteiger partial charge in [0.05, 0.1) is 6.10 Å². The predicted octanol–water partition coefficient (Wildman–Crippen LogP) is 2.85. The number of carbonyl (C=O) groups is 1. The summed E-state index contributed by atoms with van der Waals surface area (Å²) in [5.41, 5.74) is 0.736. The standard InChI is InChI=1S/C23H29N3O5S3/c1-24-23(32)26-34(28,29)21-15-17(7-9-20(21)31-16-18-5-2-3-13-30-18)11-12-25-22(27)10-8-19-6-4-14-33-19/h4,6-10,14-15,18H,2-3,5,11-13,16H2,1H3,(H,25,27)(H2,24,26,32). The molecule has 0 aliphatic carbocycles.